The van der Waals surface area contributed by atoms with Crippen LogP contribution in [0.1, 0.15) is 18.1 Å². The summed E-state index contributed by atoms with van der Waals surface area (Å²) in [6, 6.07) is 18.8. The van der Waals surface area contributed by atoms with Crippen LogP contribution < -0.4 is 5.32 Å². The van der Waals surface area contributed by atoms with Crippen molar-refractivity contribution < 1.29 is 4.79 Å². The summed E-state index contributed by atoms with van der Waals surface area (Å²) in [5.74, 6) is -0.124. The Bertz CT molecular complexity index is 676. The van der Waals surface area contributed by atoms with Crippen LogP contribution in [0, 0.1) is 11.3 Å². The third-order valence-electron chi connectivity index (χ3n) is 3.62. The van der Waals surface area contributed by atoms with Crippen LogP contribution in [0.25, 0.3) is 0 Å². The highest BCUT2D eigenvalue weighted by Crippen LogP contribution is 2.15. The van der Waals surface area contributed by atoms with Crippen LogP contribution in [-0.4, -0.2) is 23.9 Å². The topological polar surface area (TPSA) is 56.1 Å². The highest BCUT2D eigenvalue weighted by molar-refractivity contribution is 5.95. The van der Waals surface area contributed by atoms with Gasteiger partial charge in [0, 0.05) is 6.54 Å². The van der Waals surface area contributed by atoms with Crippen LogP contribution in [0.5, 0.6) is 0 Å². The molecule has 1 N–H and O–H groups in total. The van der Waals surface area contributed by atoms with E-state index >= 15 is 0 Å². The van der Waals surface area contributed by atoms with Crippen LogP contribution in [-0.2, 0) is 11.3 Å². The quantitative estimate of drug-likeness (QED) is 0.922. The van der Waals surface area contributed by atoms with E-state index in [-0.39, 0.29) is 11.9 Å². The molecule has 0 aliphatic rings. The fourth-order valence-electron chi connectivity index (χ4n) is 2.14. The lowest BCUT2D eigenvalue weighted by Gasteiger charge is -2.24. The molecule has 0 bridgehead atoms. The summed E-state index contributed by atoms with van der Waals surface area (Å²) in [6.07, 6.45) is 0. The van der Waals surface area contributed by atoms with E-state index in [1.165, 1.54) is 0 Å². The van der Waals surface area contributed by atoms with Crippen LogP contribution in [0.15, 0.2) is 54.6 Å². The standard InChI is InChI=1S/C18H19N3O/c1-14(21(2)13-15-8-4-3-5-9-15)18(22)20-17-11-7-6-10-16(17)12-19/h3-11,14H,13H2,1-2H3,(H,20,22)/t14-/m0/s1. The van der Waals surface area contributed by atoms with Gasteiger partial charge in [-0.05, 0) is 31.7 Å². The molecule has 0 saturated heterocycles. The minimum Gasteiger partial charge on any atom is -0.324 e. The highest BCUT2D eigenvalue weighted by Gasteiger charge is 2.19. The molecule has 2 aromatic rings. The lowest BCUT2D eigenvalue weighted by molar-refractivity contribution is -0.120. The zero-order chi connectivity index (χ0) is 15.9. The molecule has 22 heavy (non-hydrogen) atoms. The minimum atomic E-state index is -0.299. The lowest BCUT2D eigenvalue weighted by Crippen LogP contribution is -2.39. The molecule has 0 fully saturated rings. The number of hydrogen-bond acceptors (Lipinski definition) is 3. The fourth-order valence-corrected chi connectivity index (χ4v) is 2.14. The van der Waals surface area contributed by atoms with Crippen LogP contribution in [0.2, 0.25) is 0 Å². The van der Waals surface area contributed by atoms with E-state index in [1.807, 2.05) is 49.2 Å². The fraction of sp³-hybridized carbons (Fsp3) is 0.222. The minimum absolute atomic E-state index is 0.124. The van der Waals surface area contributed by atoms with Crippen molar-refractivity contribution in [1.29, 1.82) is 5.26 Å². The molecule has 0 aliphatic heterocycles. The average molecular weight is 293 g/mol. The molecule has 0 heterocycles. The number of nitriles is 1. The van der Waals surface area contributed by atoms with Gasteiger partial charge in [-0.1, -0.05) is 42.5 Å². The molecule has 2 rings (SSSR count). The highest BCUT2D eigenvalue weighted by atomic mass is 16.2. The maximum atomic E-state index is 12.4. The van der Waals surface area contributed by atoms with E-state index in [1.54, 1.807) is 24.3 Å². The molecule has 4 heteroatoms. The average Bonchev–Trinajstić information content (AvgIpc) is 2.55. The largest absolute Gasteiger partial charge is 0.324 e. The van der Waals surface area contributed by atoms with Gasteiger partial charge >= 0.3 is 0 Å². The number of benzene rings is 2. The van der Waals surface area contributed by atoms with Crippen LogP contribution in [0.4, 0.5) is 5.69 Å². The number of nitrogens with zero attached hydrogens (tertiary/aromatic N) is 2. The molecular formula is C18H19N3O. The molecule has 0 aliphatic carbocycles. The van der Waals surface area contributed by atoms with Crippen molar-refractivity contribution in [3.8, 4) is 6.07 Å². The number of rotatable bonds is 5. The molecule has 0 aromatic heterocycles. The summed E-state index contributed by atoms with van der Waals surface area (Å²) < 4.78 is 0. The zero-order valence-electron chi connectivity index (χ0n) is 12.8. The molecule has 0 unspecified atom stereocenters. The van der Waals surface area contributed by atoms with Crippen LogP contribution >= 0.6 is 0 Å². The molecule has 0 spiro atoms. The third kappa shape index (κ3) is 3.94. The summed E-state index contributed by atoms with van der Waals surface area (Å²) in [5.41, 5.74) is 2.17. The van der Waals surface area contributed by atoms with Crippen molar-refractivity contribution in [3.63, 3.8) is 0 Å². The molecule has 4 nitrogen and oxygen atoms in total. The zero-order valence-corrected chi connectivity index (χ0v) is 12.8. The second kappa shape index (κ2) is 7.39. The number of likely N-dealkylation sites (N-methyl/N-ethyl adjacent to an activating group) is 1. The van der Waals surface area contributed by atoms with Gasteiger partial charge in [-0.3, -0.25) is 9.69 Å². The summed E-state index contributed by atoms with van der Waals surface area (Å²) in [4.78, 5) is 14.3. The van der Waals surface area contributed by atoms with E-state index in [4.69, 9.17) is 5.26 Å². The molecule has 0 saturated carbocycles. The second-order valence-electron chi connectivity index (χ2n) is 5.22. The monoisotopic (exact) mass is 293 g/mol. The van der Waals surface area contributed by atoms with Crippen molar-refractivity contribution >= 4 is 11.6 Å². The maximum absolute atomic E-state index is 12.4. The van der Waals surface area contributed by atoms with Gasteiger partial charge in [0.2, 0.25) is 5.91 Å². The molecule has 0 radical (unpaired) electrons. The van der Waals surface area contributed by atoms with Gasteiger partial charge in [0.05, 0.1) is 17.3 Å². The smallest absolute Gasteiger partial charge is 0.241 e. The van der Waals surface area contributed by atoms with Gasteiger partial charge in [-0.2, -0.15) is 5.26 Å². The first-order valence-corrected chi connectivity index (χ1v) is 7.16. The number of anilines is 1. The van der Waals surface area contributed by atoms with Gasteiger partial charge in [0.15, 0.2) is 0 Å². The van der Waals surface area contributed by atoms with E-state index < -0.39 is 0 Å². The van der Waals surface area contributed by atoms with Crippen molar-refractivity contribution in [1.82, 2.24) is 4.90 Å². The second-order valence-corrected chi connectivity index (χ2v) is 5.22. The number of nitrogens with one attached hydrogen (secondary N) is 1. The van der Waals surface area contributed by atoms with Gasteiger partial charge in [-0.25, -0.2) is 0 Å². The van der Waals surface area contributed by atoms with Gasteiger partial charge < -0.3 is 5.32 Å². The molecule has 1 atom stereocenters. The van der Waals surface area contributed by atoms with Crippen molar-refractivity contribution in [3.05, 3.63) is 65.7 Å². The Balaban J connectivity index is 2.01. The Morgan fingerprint density at radius 1 is 1.18 bits per heavy atom. The molecule has 2 aromatic carbocycles. The van der Waals surface area contributed by atoms with Gasteiger partial charge in [0.1, 0.15) is 6.07 Å². The Hall–Kier alpha value is -2.64. The summed E-state index contributed by atoms with van der Waals surface area (Å²) in [6.45, 7) is 2.54. The number of carbonyl (C=O) groups excluding carboxylic acids is 1. The SMILES string of the molecule is C[C@@H](C(=O)Nc1ccccc1C#N)N(C)Cc1ccccc1. The predicted octanol–water partition coefficient (Wildman–Crippen LogP) is 3.02. The summed E-state index contributed by atoms with van der Waals surface area (Å²) in [7, 11) is 1.91. The van der Waals surface area contributed by atoms with Crippen molar-refractivity contribution in [2.24, 2.45) is 0 Å². The van der Waals surface area contributed by atoms with Gasteiger partial charge in [0.25, 0.3) is 0 Å². The maximum Gasteiger partial charge on any atom is 0.241 e. The van der Waals surface area contributed by atoms with Gasteiger partial charge in [-0.15, -0.1) is 0 Å². The van der Waals surface area contributed by atoms with Crippen LogP contribution in [0.3, 0.4) is 0 Å². The van der Waals surface area contributed by atoms with E-state index in [2.05, 4.69) is 11.4 Å². The normalized spacial score (nSPS) is 11.7. The number of para-hydroxylation sites is 1. The predicted molar refractivity (Wildman–Crippen MR) is 87.2 cm³/mol. The lowest BCUT2D eigenvalue weighted by atomic mass is 10.1. The Kier molecular flexibility index (Phi) is 5.29. The number of hydrogen-bond donors (Lipinski definition) is 1. The number of carbonyl (C=O) groups is 1. The third-order valence-corrected chi connectivity index (χ3v) is 3.62. The summed E-state index contributed by atoms with van der Waals surface area (Å²) in [5, 5.41) is 11.9. The number of amides is 1. The first kappa shape index (κ1) is 15.7. The molecule has 1 amide bonds. The van der Waals surface area contributed by atoms with Crippen molar-refractivity contribution in [2.45, 2.75) is 19.5 Å². The van der Waals surface area contributed by atoms with E-state index in [0.29, 0.717) is 17.8 Å². The van der Waals surface area contributed by atoms with E-state index in [0.717, 1.165) is 5.56 Å². The first-order chi connectivity index (χ1) is 10.6. The van der Waals surface area contributed by atoms with Crippen molar-refractivity contribution in [2.75, 3.05) is 12.4 Å². The Labute approximate surface area is 131 Å². The first-order valence-electron chi connectivity index (χ1n) is 7.16. The Morgan fingerprint density at radius 3 is 2.50 bits per heavy atom. The molecular weight excluding hydrogens is 274 g/mol. The summed E-state index contributed by atoms with van der Waals surface area (Å²) >= 11 is 0. The Morgan fingerprint density at radius 2 is 1.82 bits per heavy atom. The molecule has 112 valence electrons. The van der Waals surface area contributed by atoms with E-state index in [9.17, 15) is 4.79 Å².